The summed E-state index contributed by atoms with van der Waals surface area (Å²) in [4.78, 5) is 34.8. The van der Waals surface area contributed by atoms with Crippen molar-refractivity contribution in [1.29, 1.82) is 0 Å². The lowest BCUT2D eigenvalue weighted by molar-refractivity contribution is -0.138. The summed E-state index contributed by atoms with van der Waals surface area (Å²) in [7, 11) is 0. The van der Waals surface area contributed by atoms with Gasteiger partial charge in [0.1, 0.15) is 6.04 Å². The van der Waals surface area contributed by atoms with Crippen LogP contribution in [0.5, 0.6) is 11.5 Å². The lowest BCUT2D eigenvalue weighted by Crippen LogP contribution is -2.38. The highest BCUT2D eigenvalue weighted by atomic mass is 16.5. The van der Waals surface area contributed by atoms with Crippen molar-refractivity contribution in [3.8, 4) is 11.5 Å². The highest BCUT2D eigenvalue weighted by Crippen LogP contribution is 2.26. The zero-order valence-corrected chi connectivity index (χ0v) is 15.6. The van der Waals surface area contributed by atoms with Gasteiger partial charge in [-0.05, 0) is 50.2 Å². The standard InChI is InChI=1S/C20H22N2O6/c1-3-27-16-6-4-5-7-17(16)28-12-18(23)22-15-10-8-14(9-11-15)19(24)21-13(2)20(25)26/h4-11,13H,3,12H2,1-2H3,(H,21,24)(H,22,23)(H,25,26). The molecule has 0 bridgehead atoms. The van der Waals surface area contributed by atoms with Crippen LogP contribution in [0.25, 0.3) is 0 Å². The van der Waals surface area contributed by atoms with E-state index < -0.39 is 17.9 Å². The summed E-state index contributed by atoms with van der Waals surface area (Å²) in [6, 6.07) is 12.1. The molecule has 2 aromatic carbocycles. The molecule has 148 valence electrons. The van der Waals surface area contributed by atoms with E-state index in [9.17, 15) is 14.4 Å². The molecule has 2 rings (SSSR count). The van der Waals surface area contributed by atoms with Gasteiger partial charge in [-0.1, -0.05) is 12.1 Å². The summed E-state index contributed by atoms with van der Waals surface area (Å²) in [6.45, 7) is 3.51. The fourth-order valence-electron chi connectivity index (χ4n) is 2.23. The quantitative estimate of drug-likeness (QED) is 0.609. The van der Waals surface area contributed by atoms with Gasteiger partial charge in [0.05, 0.1) is 6.61 Å². The molecule has 2 amide bonds. The van der Waals surface area contributed by atoms with E-state index in [1.807, 2.05) is 13.0 Å². The number of amides is 2. The molecule has 0 aromatic heterocycles. The minimum Gasteiger partial charge on any atom is -0.490 e. The average Bonchev–Trinajstić information content (AvgIpc) is 2.68. The number of aliphatic carboxylic acids is 1. The number of carboxylic acids is 1. The second-order valence-electron chi connectivity index (χ2n) is 5.83. The summed E-state index contributed by atoms with van der Waals surface area (Å²) < 4.78 is 10.9. The largest absolute Gasteiger partial charge is 0.490 e. The fraction of sp³-hybridized carbons (Fsp3) is 0.250. The Hall–Kier alpha value is -3.55. The third-order valence-electron chi connectivity index (χ3n) is 3.66. The van der Waals surface area contributed by atoms with Crippen LogP contribution >= 0.6 is 0 Å². The van der Waals surface area contributed by atoms with Crippen molar-refractivity contribution in [2.24, 2.45) is 0 Å². The number of rotatable bonds is 9. The molecule has 0 radical (unpaired) electrons. The maximum atomic E-state index is 12.1. The minimum atomic E-state index is -1.12. The molecular formula is C20H22N2O6. The molecule has 0 aliphatic carbocycles. The Balaban J connectivity index is 1.89. The number of hydrogen-bond acceptors (Lipinski definition) is 5. The van der Waals surface area contributed by atoms with Gasteiger partial charge in [-0.3, -0.25) is 14.4 Å². The molecule has 8 nitrogen and oxygen atoms in total. The minimum absolute atomic E-state index is 0.206. The summed E-state index contributed by atoms with van der Waals surface area (Å²) in [5, 5.41) is 13.8. The monoisotopic (exact) mass is 386 g/mol. The third-order valence-corrected chi connectivity index (χ3v) is 3.66. The highest BCUT2D eigenvalue weighted by molar-refractivity contribution is 5.97. The van der Waals surface area contributed by atoms with Crippen LogP contribution in [0, 0.1) is 0 Å². The third kappa shape index (κ3) is 6.01. The number of benzene rings is 2. The number of para-hydroxylation sites is 2. The van der Waals surface area contributed by atoms with Crippen LogP contribution < -0.4 is 20.1 Å². The number of ether oxygens (including phenoxy) is 2. The van der Waals surface area contributed by atoms with Gasteiger partial charge in [0.25, 0.3) is 11.8 Å². The summed E-state index contributed by atoms with van der Waals surface area (Å²) in [6.07, 6.45) is 0. The molecule has 0 aliphatic heterocycles. The molecule has 1 unspecified atom stereocenters. The van der Waals surface area contributed by atoms with Gasteiger partial charge >= 0.3 is 5.97 Å². The van der Waals surface area contributed by atoms with Crippen LogP contribution in [0.3, 0.4) is 0 Å². The first-order valence-corrected chi connectivity index (χ1v) is 8.69. The lowest BCUT2D eigenvalue weighted by atomic mass is 10.2. The van der Waals surface area contributed by atoms with Crippen LogP contribution in [0.15, 0.2) is 48.5 Å². The Labute approximate surface area is 162 Å². The molecule has 0 heterocycles. The summed E-state index contributed by atoms with van der Waals surface area (Å²) >= 11 is 0. The number of carboxylic acid groups (broad SMARTS) is 1. The van der Waals surface area contributed by atoms with Crippen molar-refractivity contribution in [2.75, 3.05) is 18.5 Å². The first-order valence-electron chi connectivity index (χ1n) is 8.69. The van der Waals surface area contributed by atoms with Crippen LogP contribution in [0.2, 0.25) is 0 Å². The number of nitrogens with one attached hydrogen (secondary N) is 2. The number of hydrogen-bond donors (Lipinski definition) is 3. The van der Waals surface area contributed by atoms with E-state index in [1.165, 1.54) is 19.1 Å². The molecule has 2 aromatic rings. The number of carbonyl (C=O) groups excluding carboxylic acids is 2. The normalized spacial score (nSPS) is 11.2. The zero-order chi connectivity index (χ0) is 20.5. The molecule has 0 saturated carbocycles. The molecule has 3 N–H and O–H groups in total. The average molecular weight is 386 g/mol. The zero-order valence-electron chi connectivity index (χ0n) is 15.6. The van der Waals surface area contributed by atoms with Crippen LogP contribution in [-0.4, -0.2) is 42.1 Å². The van der Waals surface area contributed by atoms with Crippen molar-refractivity contribution >= 4 is 23.5 Å². The maximum Gasteiger partial charge on any atom is 0.325 e. The van der Waals surface area contributed by atoms with E-state index in [1.54, 1.807) is 30.3 Å². The smallest absolute Gasteiger partial charge is 0.325 e. The predicted molar refractivity (Wildman–Crippen MR) is 103 cm³/mol. The number of anilines is 1. The first kappa shape index (κ1) is 20.8. The van der Waals surface area contributed by atoms with Gasteiger partial charge in [0, 0.05) is 11.3 Å². The highest BCUT2D eigenvalue weighted by Gasteiger charge is 2.15. The Kier molecular flexibility index (Phi) is 7.38. The van der Waals surface area contributed by atoms with Crippen molar-refractivity contribution in [2.45, 2.75) is 19.9 Å². The van der Waals surface area contributed by atoms with Crippen LogP contribution in [0.1, 0.15) is 24.2 Å². The van der Waals surface area contributed by atoms with Crippen molar-refractivity contribution < 1.29 is 29.0 Å². The molecule has 0 fully saturated rings. The van der Waals surface area contributed by atoms with Crippen molar-refractivity contribution in [3.05, 3.63) is 54.1 Å². The van der Waals surface area contributed by atoms with Crippen molar-refractivity contribution in [1.82, 2.24) is 5.32 Å². The Morgan fingerprint density at radius 3 is 2.18 bits per heavy atom. The van der Waals surface area contributed by atoms with Crippen molar-refractivity contribution in [3.63, 3.8) is 0 Å². The Morgan fingerprint density at radius 2 is 1.61 bits per heavy atom. The van der Waals surface area contributed by atoms with E-state index in [-0.39, 0.29) is 18.1 Å². The van der Waals surface area contributed by atoms with Gasteiger partial charge in [-0.2, -0.15) is 0 Å². The van der Waals surface area contributed by atoms with E-state index >= 15 is 0 Å². The van der Waals surface area contributed by atoms with Gasteiger partial charge in [0.15, 0.2) is 18.1 Å². The van der Waals surface area contributed by atoms with Crippen LogP contribution in [0.4, 0.5) is 5.69 Å². The lowest BCUT2D eigenvalue weighted by Gasteiger charge is -2.12. The summed E-state index contributed by atoms with van der Waals surface area (Å²) in [5.74, 6) is -0.974. The topological polar surface area (TPSA) is 114 Å². The molecule has 0 aliphatic rings. The second kappa shape index (κ2) is 9.96. The van der Waals surface area contributed by atoms with Gasteiger partial charge in [-0.15, -0.1) is 0 Å². The van der Waals surface area contributed by atoms with E-state index in [4.69, 9.17) is 14.6 Å². The molecule has 8 heteroatoms. The molecule has 1 atom stereocenters. The predicted octanol–water partition coefficient (Wildman–Crippen LogP) is 2.31. The SMILES string of the molecule is CCOc1ccccc1OCC(=O)Nc1ccc(C(=O)NC(C)C(=O)O)cc1. The second-order valence-corrected chi connectivity index (χ2v) is 5.83. The Bertz CT molecular complexity index is 835. The summed E-state index contributed by atoms with van der Waals surface area (Å²) in [5.41, 5.74) is 0.766. The molecular weight excluding hydrogens is 364 g/mol. The van der Waals surface area contributed by atoms with Crippen LogP contribution in [-0.2, 0) is 9.59 Å². The van der Waals surface area contributed by atoms with Gasteiger partial charge < -0.3 is 25.2 Å². The van der Waals surface area contributed by atoms with Gasteiger partial charge in [-0.25, -0.2) is 0 Å². The first-order chi connectivity index (χ1) is 13.4. The fourth-order valence-corrected chi connectivity index (χ4v) is 2.23. The van der Waals surface area contributed by atoms with E-state index in [0.717, 1.165) is 0 Å². The molecule has 0 spiro atoms. The molecule has 28 heavy (non-hydrogen) atoms. The maximum absolute atomic E-state index is 12.1. The van der Waals surface area contributed by atoms with Gasteiger partial charge in [0.2, 0.25) is 0 Å². The Morgan fingerprint density at radius 1 is 1.00 bits per heavy atom. The number of carbonyl (C=O) groups is 3. The van der Waals surface area contributed by atoms with E-state index in [2.05, 4.69) is 10.6 Å². The van der Waals surface area contributed by atoms with E-state index in [0.29, 0.717) is 23.8 Å². The molecule has 0 saturated heterocycles.